The number of hydrogen-bond acceptors (Lipinski definition) is 5. The molecule has 1 unspecified atom stereocenters. The van der Waals surface area contributed by atoms with Gasteiger partial charge in [0.05, 0.1) is 5.56 Å². The van der Waals surface area contributed by atoms with E-state index in [9.17, 15) is 15.0 Å². The van der Waals surface area contributed by atoms with Crippen molar-refractivity contribution >= 4 is 5.97 Å². The molecule has 3 rings (SSSR count). The van der Waals surface area contributed by atoms with E-state index in [0.29, 0.717) is 11.1 Å². The van der Waals surface area contributed by atoms with Crippen LogP contribution in [0.15, 0.2) is 54.7 Å². The maximum atomic E-state index is 11.2. The fourth-order valence-electron chi connectivity index (χ4n) is 2.60. The minimum Gasteiger partial charge on any atom is -0.508 e. The summed E-state index contributed by atoms with van der Waals surface area (Å²) in [5.41, 5.74) is 6.25. The molecule has 0 fully saturated rings. The van der Waals surface area contributed by atoms with Crippen LogP contribution in [0.3, 0.4) is 0 Å². The van der Waals surface area contributed by atoms with E-state index >= 15 is 0 Å². The molecular formula is C16H14N2O4. The molecule has 1 atom stereocenters. The third-order valence-corrected chi connectivity index (χ3v) is 3.66. The van der Waals surface area contributed by atoms with Gasteiger partial charge in [-0.3, -0.25) is 0 Å². The van der Waals surface area contributed by atoms with E-state index in [1.807, 2.05) is 0 Å². The number of phenolic OH excluding ortho intramolecular Hbond substituents is 2. The van der Waals surface area contributed by atoms with Gasteiger partial charge < -0.3 is 20.7 Å². The summed E-state index contributed by atoms with van der Waals surface area (Å²) in [4.78, 5) is 11.2. The third kappa shape index (κ3) is 2.15. The molecule has 0 spiro atoms. The number of hydrogen-bond donors (Lipinski definition) is 5. The fourth-order valence-corrected chi connectivity index (χ4v) is 2.60. The molecule has 5 N–H and O–H groups in total. The zero-order valence-corrected chi connectivity index (χ0v) is 11.4. The van der Waals surface area contributed by atoms with Crippen molar-refractivity contribution in [2.45, 2.75) is 5.54 Å². The summed E-state index contributed by atoms with van der Waals surface area (Å²) in [6, 6.07) is 10.7. The molecule has 0 amide bonds. The number of carboxylic acids is 1. The number of rotatable bonds is 3. The summed E-state index contributed by atoms with van der Waals surface area (Å²) < 4.78 is 0. The highest BCUT2D eigenvalue weighted by atomic mass is 16.4. The molecule has 0 saturated carbocycles. The monoisotopic (exact) mass is 298 g/mol. The Morgan fingerprint density at radius 2 is 1.91 bits per heavy atom. The highest BCUT2D eigenvalue weighted by Gasteiger charge is 2.36. The molecule has 2 aromatic rings. The van der Waals surface area contributed by atoms with Crippen molar-refractivity contribution in [3.05, 3.63) is 71.4 Å². The summed E-state index contributed by atoms with van der Waals surface area (Å²) in [6.07, 6.45) is 3.44. The van der Waals surface area contributed by atoms with Gasteiger partial charge in [0.15, 0.2) is 0 Å². The third-order valence-electron chi connectivity index (χ3n) is 3.66. The van der Waals surface area contributed by atoms with E-state index in [1.165, 1.54) is 18.2 Å². The topological polar surface area (TPSA) is 102 Å². The number of benzene rings is 2. The van der Waals surface area contributed by atoms with Crippen molar-refractivity contribution in [2.24, 2.45) is 0 Å². The second-order valence-electron chi connectivity index (χ2n) is 5.00. The molecule has 1 heterocycles. The van der Waals surface area contributed by atoms with Crippen LogP contribution in [0, 0.1) is 0 Å². The van der Waals surface area contributed by atoms with Crippen molar-refractivity contribution in [1.29, 1.82) is 0 Å². The van der Waals surface area contributed by atoms with Crippen LogP contribution in [0.5, 0.6) is 11.5 Å². The molecule has 1 aliphatic rings. The van der Waals surface area contributed by atoms with Gasteiger partial charge in [-0.05, 0) is 35.9 Å². The van der Waals surface area contributed by atoms with Crippen molar-refractivity contribution in [3.63, 3.8) is 0 Å². The van der Waals surface area contributed by atoms with E-state index in [4.69, 9.17) is 5.11 Å². The Balaban J connectivity index is 2.19. The van der Waals surface area contributed by atoms with E-state index in [1.54, 1.807) is 36.5 Å². The molecule has 0 radical (unpaired) electrons. The largest absolute Gasteiger partial charge is 0.508 e. The van der Waals surface area contributed by atoms with Crippen LogP contribution >= 0.6 is 0 Å². The van der Waals surface area contributed by atoms with E-state index in [2.05, 4.69) is 10.9 Å². The van der Waals surface area contributed by atoms with Crippen LogP contribution < -0.4 is 10.9 Å². The fraction of sp³-hybridized carbons (Fsp3) is 0.0625. The predicted octanol–water partition coefficient (Wildman–Crippen LogP) is 1.66. The zero-order valence-electron chi connectivity index (χ0n) is 11.4. The van der Waals surface area contributed by atoms with E-state index in [0.717, 1.165) is 0 Å². The first-order valence-electron chi connectivity index (χ1n) is 6.60. The second kappa shape index (κ2) is 5.09. The predicted molar refractivity (Wildman–Crippen MR) is 79.4 cm³/mol. The van der Waals surface area contributed by atoms with Gasteiger partial charge in [0.1, 0.15) is 17.0 Å². The highest BCUT2D eigenvalue weighted by Crippen LogP contribution is 2.39. The first-order valence-corrected chi connectivity index (χ1v) is 6.60. The summed E-state index contributed by atoms with van der Waals surface area (Å²) in [6.45, 7) is 0. The SMILES string of the molecule is O=C(O)c1cccc(C2(c3ccc(O)cc3O)C=CNN2)c1. The van der Waals surface area contributed by atoms with Crippen molar-refractivity contribution in [3.8, 4) is 11.5 Å². The number of phenols is 2. The Bertz CT molecular complexity index is 772. The van der Waals surface area contributed by atoms with Crippen molar-refractivity contribution in [2.75, 3.05) is 0 Å². The number of nitrogens with one attached hydrogen (secondary N) is 2. The molecule has 112 valence electrons. The normalized spacial score (nSPS) is 19.8. The van der Waals surface area contributed by atoms with Gasteiger partial charge in [0, 0.05) is 17.8 Å². The Labute approximate surface area is 126 Å². The first kappa shape index (κ1) is 14.0. The Morgan fingerprint density at radius 3 is 2.55 bits per heavy atom. The highest BCUT2D eigenvalue weighted by molar-refractivity contribution is 5.88. The van der Waals surface area contributed by atoms with Gasteiger partial charge in [-0.2, -0.15) is 0 Å². The lowest BCUT2D eigenvalue weighted by Crippen LogP contribution is -2.43. The summed E-state index contributed by atoms with van der Waals surface area (Å²) in [5, 5.41) is 28.8. The van der Waals surface area contributed by atoms with E-state index < -0.39 is 11.5 Å². The van der Waals surface area contributed by atoms with Gasteiger partial charge >= 0.3 is 5.97 Å². The molecule has 2 aromatic carbocycles. The summed E-state index contributed by atoms with van der Waals surface area (Å²) in [7, 11) is 0. The van der Waals surface area contributed by atoms with Gasteiger partial charge in [-0.25, -0.2) is 10.2 Å². The summed E-state index contributed by atoms with van der Waals surface area (Å²) in [5.74, 6) is -1.17. The van der Waals surface area contributed by atoms with Gasteiger partial charge in [0.2, 0.25) is 0 Å². The second-order valence-corrected chi connectivity index (χ2v) is 5.00. The molecule has 0 bridgehead atoms. The number of carbonyl (C=O) groups is 1. The standard InChI is InChI=1S/C16H14N2O4/c19-12-4-5-13(14(20)9-12)16(6-7-17-18-16)11-3-1-2-10(8-11)15(21)22/h1-9,17-20H,(H,21,22). The number of aromatic carboxylic acids is 1. The van der Waals surface area contributed by atoms with Crippen LogP contribution in [0.25, 0.3) is 0 Å². The van der Waals surface area contributed by atoms with E-state index in [-0.39, 0.29) is 17.1 Å². The lowest BCUT2D eigenvalue weighted by molar-refractivity contribution is 0.0696. The molecule has 0 aliphatic carbocycles. The average Bonchev–Trinajstić information content (AvgIpc) is 2.98. The van der Waals surface area contributed by atoms with Gasteiger partial charge in [-0.1, -0.05) is 12.1 Å². The lowest BCUT2D eigenvalue weighted by Gasteiger charge is -2.29. The molecule has 6 nitrogen and oxygen atoms in total. The minimum absolute atomic E-state index is 0.0503. The van der Waals surface area contributed by atoms with Crippen molar-refractivity contribution in [1.82, 2.24) is 10.9 Å². The maximum absolute atomic E-state index is 11.2. The minimum atomic E-state index is -1.03. The molecule has 6 heteroatoms. The molecule has 22 heavy (non-hydrogen) atoms. The van der Waals surface area contributed by atoms with Gasteiger partial charge in [-0.15, -0.1) is 0 Å². The van der Waals surface area contributed by atoms with Gasteiger partial charge in [0.25, 0.3) is 0 Å². The smallest absolute Gasteiger partial charge is 0.335 e. The zero-order chi connectivity index (χ0) is 15.7. The molecular weight excluding hydrogens is 284 g/mol. The lowest BCUT2D eigenvalue weighted by atomic mass is 9.82. The Hall–Kier alpha value is -2.99. The first-order chi connectivity index (χ1) is 10.5. The maximum Gasteiger partial charge on any atom is 0.335 e. The van der Waals surface area contributed by atoms with Crippen LogP contribution in [-0.2, 0) is 5.54 Å². The number of carboxylic acid groups (broad SMARTS) is 1. The quantitative estimate of drug-likeness (QED) is 0.591. The number of aromatic hydroxyl groups is 2. The Morgan fingerprint density at radius 1 is 1.09 bits per heavy atom. The van der Waals surface area contributed by atoms with Crippen LogP contribution in [0.4, 0.5) is 0 Å². The van der Waals surface area contributed by atoms with Crippen LogP contribution in [0.2, 0.25) is 0 Å². The molecule has 0 aromatic heterocycles. The molecule has 0 saturated heterocycles. The van der Waals surface area contributed by atoms with Crippen LogP contribution in [-0.4, -0.2) is 21.3 Å². The summed E-state index contributed by atoms with van der Waals surface area (Å²) >= 11 is 0. The average molecular weight is 298 g/mol. The van der Waals surface area contributed by atoms with Crippen LogP contribution in [0.1, 0.15) is 21.5 Å². The molecule has 1 aliphatic heterocycles. The number of hydrazine groups is 1. The van der Waals surface area contributed by atoms with Crippen molar-refractivity contribution < 1.29 is 20.1 Å². The Kier molecular flexibility index (Phi) is 3.23.